The number of imidazole rings is 1. The summed E-state index contributed by atoms with van der Waals surface area (Å²) in [5.74, 6) is 1.68. The van der Waals surface area contributed by atoms with Crippen LogP contribution in [-0.2, 0) is 15.6 Å². The number of rotatable bonds is 11. The van der Waals surface area contributed by atoms with Crippen molar-refractivity contribution in [2.24, 2.45) is 5.41 Å². The molecular weight excluding hydrogens is 651 g/mol. The second-order valence-corrected chi connectivity index (χ2v) is 15.0. The smallest absolute Gasteiger partial charge is 0.258 e. The van der Waals surface area contributed by atoms with Gasteiger partial charge in [0.2, 0.25) is 10.9 Å². The molecule has 3 saturated heterocycles. The molecule has 0 saturated carbocycles. The van der Waals surface area contributed by atoms with Crippen molar-refractivity contribution in [1.29, 1.82) is 0 Å². The van der Waals surface area contributed by atoms with Crippen molar-refractivity contribution >= 4 is 28.4 Å². The Balaban J connectivity index is 1.03. The summed E-state index contributed by atoms with van der Waals surface area (Å²) >= 11 is 0. The van der Waals surface area contributed by atoms with Crippen LogP contribution in [-0.4, -0.2) is 108 Å². The molecule has 1 spiro atoms. The van der Waals surface area contributed by atoms with Crippen molar-refractivity contribution in [3.05, 3.63) is 54.1 Å². The summed E-state index contributed by atoms with van der Waals surface area (Å²) < 4.78 is 52.3. The third kappa shape index (κ3) is 7.68. The van der Waals surface area contributed by atoms with E-state index in [9.17, 15) is 17.6 Å². The van der Waals surface area contributed by atoms with Crippen LogP contribution in [0.4, 0.5) is 16.0 Å². The number of aryl methyl sites for hydroxylation is 1. The fraction of sp³-hybridized carbons (Fsp3) is 0.588. The van der Waals surface area contributed by atoms with Crippen LogP contribution in [0.2, 0.25) is 0 Å². The number of ether oxygens (including phenoxy) is 2. The summed E-state index contributed by atoms with van der Waals surface area (Å²) in [7, 11) is -2.81. The van der Waals surface area contributed by atoms with E-state index in [4.69, 9.17) is 9.47 Å². The molecule has 0 unspecified atom stereocenters. The Morgan fingerprint density at radius 3 is 2.45 bits per heavy atom. The number of halogens is 1. The number of H-pyrrole nitrogens is 1. The van der Waals surface area contributed by atoms with Crippen LogP contribution in [0.3, 0.4) is 0 Å². The van der Waals surface area contributed by atoms with Gasteiger partial charge < -0.3 is 29.2 Å². The van der Waals surface area contributed by atoms with Crippen molar-refractivity contribution in [2.45, 2.75) is 84.5 Å². The van der Waals surface area contributed by atoms with Crippen molar-refractivity contribution < 1.29 is 27.1 Å². The fourth-order valence-corrected chi connectivity index (χ4v) is 8.23. The van der Waals surface area contributed by atoms with Crippen LogP contribution in [0.25, 0.3) is 0 Å². The maximum Gasteiger partial charge on any atom is 0.258 e. The topological polar surface area (TPSA) is 137 Å². The number of amides is 1. The average Bonchev–Trinajstić information content (AvgIpc) is 3.47. The van der Waals surface area contributed by atoms with Gasteiger partial charge >= 0.3 is 0 Å². The minimum absolute atomic E-state index is 0.0650. The summed E-state index contributed by atoms with van der Waals surface area (Å²) in [5.41, 5.74) is 0.332. The van der Waals surface area contributed by atoms with Crippen molar-refractivity contribution in [1.82, 2.24) is 29.7 Å². The lowest BCUT2D eigenvalue weighted by Gasteiger charge is -2.54. The Morgan fingerprint density at radius 2 is 1.84 bits per heavy atom. The van der Waals surface area contributed by atoms with Crippen LogP contribution in [0.5, 0.6) is 11.5 Å². The number of carbonyl (C=O) groups excluding carboxylic acids is 1. The van der Waals surface area contributed by atoms with Crippen molar-refractivity contribution in [3.8, 4) is 11.5 Å². The maximum absolute atomic E-state index is 14.4. The van der Waals surface area contributed by atoms with Gasteiger partial charge in [-0.15, -0.1) is 0 Å². The molecule has 0 aliphatic carbocycles. The first-order valence-corrected chi connectivity index (χ1v) is 18.2. The average molecular weight is 699 g/mol. The highest BCUT2D eigenvalue weighted by molar-refractivity contribution is 7.74. The second-order valence-electron chi connectivity index (χ2n) is 14.1. The Hall–Kier alpha value is -3.82. The SMILES string of the molecule is Cc1ncc(N([C@@H]2CC[C@@H](CN3CCC4(CC3)CN(c3ncncc3Oc3ccc(F)cc3C(=O)N(C(C)C)C(C)C)C4)OC2)[SH](=O)=O)[nH]1. The van der Waals surface area contributed by atoms with E-state index < -0.39 is 16.7 Å². The van der Waals surface area contributed by atoms with Gasteiger partial charge in [-0.25, -0.2) is 27.8 Å². The zero-order chi connectivity index (χ0) is 34.9. The largest absolute Gasteiger partial charge is 0.451 e. The van der Waals surface area contributed by atoms with Crippen LogP contribution < -0.4 is 13.9 Å². The molecule has 266 valence electrons. The van der Waals surface area contributed by atoms with Crippen LogP contribution in [0.15, 0.2) is 36.9 Å². The van der Waals surface area contributed by atoms with Gasteiger partial charge in [0.25, 0.3) is 5.91 Å². The molecule has 2 aromatic heterocycles. The van der Waals surface area contributed by atoms with Crippen molar-refractivity contribution in [2.75, 3.05) is 48.5 Å². The Kier molecular flexibility index (Phi) is 10.4. The Bertz CT molecular complexity index is 1680. The molecular formula is C34H47FN8O5S. The molecule has 1 aromatic carbocycles. The standard InChI is InChI=1S/C34H47FN8O5S/c1-22(2)42(23(3)4)33(44)28-14-25(35)6-9-29(28)48-30-15-36-21-38-32(30)41-19-34(20-41)10-12-40(13-11-34)17-27-8-7-26(18-47-27)43(49(45)46)31-16-37-24(5)39-31/h6,9,14-16,21-23,26-27,49H,7-8,10-13,17-20H2,1-5H3,(H,37,39)/t26-,27+/m1/s1. The second kappa shape index (κ2) is 14.6. The lowest BCUT2D eigenvalue weighted by Crippen LogP contribution is -2.61. The number of aromatic amines is 1. The first-order chi connectivity index (χ1) is 23.4. The monoisotopic (exact) mass is 698 g/mol. The van der Waals surface area contributed by atoms with E-state index in [1.807, 2.05) is 27.7 Å². The molecule has 6 rings (SSSR count). The molecule has 0 bridgehead atoms. The van der Waals surface area contributed by atoms with E-state index in [1.54, 1.807) is 24.2 Å². The molecule has 1 amide bonds. The third-order valence-electron chi connectivity index (χ3n) is 9.93. The lowest BCUT2D eigenvalue weighted by atomic mass is 9.72. The van der Waals surface area contributed by atoms with Gasteiger partial charge in [0.15, 0.2) is 11.6 Å². The molecule has 3 aliphatic rings. The van der Waals surface area contributed by atoms with Crippen molar-refractivity contribution in [3.63, 3.8) is 0 Å². The van der Waals surface area contributed by atoms with Crippen LogP contribution in [0, 0.1) is 18.2 Å². The van der Waals surface area contributed by atoms with Gasteiger partial charge in [0.1, 0.15) is 29.5 Å². The van der Waals surface area contributed by atoms with E-state index in [1.165, 1.54) is 28.8 Å². The summed E-state index contributed by atoms with van der Waals surface area (Å²) in [6, 6.07) is 3.62. The minimum atomic E-state index is -2.81. The summed E-state index contributed by atoms with van der Waals surface area (Å²) in [5, 5.41) is 0. The summed E-state index contributed by atoms with van der Waals surface area (Å²) in [6.45, 7) is 14.3. The first kappa shape index (κ1) is 35.0. The summed E-state index contributed by atoms with van der Waals surface area (Å²) in [4.78, 5) is 35.8. The molecule has 1 N–H and O–H groups in total. The number of carbonyl (C=O) groups is 1. The molecule has 3 aromatic rings. The third-order valence-corrected chi connectivity index (χ3v) is 10.8. The first-order valence-electron chi connectivity index (χ1n) is 17.1. The molecule has 0 radical (unpaired) electrons. The number of anilines is 2. The number of likely N-dealkylation sites (tertiary alicyclic amines) is 1. The van der Waals surface area contributed by atoms with Gasteiger partial charge in [-0.1, -0.05) is 0 Å². The van der Waals surface area contributed by atoms with Gasteiger partial charge in [-0.2, -0.15) is 0 Å². The van der Waals surface area contributed by atoms with E-state index in [0.29, 0.717) is 29.8 Å². The van der Waals surface area contributed by atoms with E-state index >= 15 is 0 Å². The highest BCUT2D eigenvalue weighted by Gasteiger charge is 2.46. The maximum atomic E-state index is 14.4. The number of nitrogens with one attached hydrogen (secondary N) is 1. The van der Waals surface area contributed by atoms with Crippen LogP contribution in [0.1, 0.15) is 69.6 Å². The van der Waals surface area contributed by atoms with E-state index in [0.717, 1.165) is 58.4 Å². The molecule has 49 heavy (non-hydrogen) atoms. The van der Waals surface area contributed by atoms with Crippen LogP contribution >= 0.6 is 0 Å². The number of thiol groups is 1. The van der Waals surface area contributed by atoms with Gasteiger partial charge in [0, 0.05) is 37.1 Å². The molecule has 15 heteroatoms. The Morgan fingerprint density at radius 1 is 1.10 bits per heavy atom. The number of benzene rings is 1. The van der Waals surface area contributed by atoms with Gasteiger partial charge in [-0.05, 0) is 91.6 Å². The van der Waals surface area contributed by atoms with E-state index in [-0.39, 0.29) is 46.9 Å². The van der Waals surface area contributed by atoms with E-state index in [2.05, 4.69) is 29.7 Å². The van der Waals surface area contributed by atoms with Gasteiger partial charge in [-0.3, -0.25) is 9.10 Å². The summed E-state index contributed by atoms with van der Waals surface area (Å²) in [6.07, 6.45) is 8.30. The molecule has 2 atom stereocenters. The fourth-order valence-electron chi connectivity index (χ4n) is 7.50. The predicted octanol–water partition coefficient (Wildman–Crippen LogP) is 4.18. The molecule has 13 nitrogen and oxygen atoms in total. The number of piperidine rings is 1. The highest BCUT2D eigenvalue weighted by Crippen LogP contribution is 2.45. The minimum Gasteiger partial charge on any atom is -0.451 e. The molecule has 5 heterocycles. The normalized spacial score (nSPS) is 21.0. The number of nitrogens with zero attached hydrogens (tertiary/aromatic N) is 7. The zero-order valence-electron chi connectivity index (χ0n) is 28.8. The molecule has 3 aliphatic heterocycles. The van der Waals surface area contributed by atoms with Gasteiger partial charge in [0.05, 0.1) is 36.7 Å². The highest BCUT2D eigenvalue weighted by atomic mass is 32.2. The quantitative estimate of drug-likeness (QED) is 0.281. The Labute approximate surface area is 288 Å². The number of hydrogen-bond donors (Lipinski definition) is 2. The number of hydrogen-bond acceptors (Lipinski definition) is 10. The lowest BCUT2D eigenvalue weighted by molar-refractivity contribution is -0.0269. The predicted molar refractivity (Wildman–Crippen MR) is 184 cm³/mol. The number of aromatic nitrogens is 4. The molecule has 3 fully saturated rings. The zero-order valence-corrected chi connectivity index (χ0v) is 29.7.